The van der Waals surface area contributed by atoms with Crippen LogP contribution in [0.25, 0.3) is 5.69 Å². The molecule has 0 radical (unpaired) electrons. The topological polar surface area (TPSA) is 29.9 Å². The maximum Gasteiger partial charge on any atom is 0.0645 e. The first kappa shape index (κ1) is 15.5. The van der Waals surface area contributed by atoms with Crippen LogP contribution in [0.15, 0.2) is 73.1 Å². The molecule has 0 spiro atoms. The number of rotatable bonds is 6. The van der Waals surface area contributed by atoms with E-state index in [0.29, 0.717) is 0 Å². The maximum atomic E-state index is 4.25. The second-order valence-corrected chi connectivity index (χ2v) is 6.47. The van der Waals surface area contributed by atoms with Gasteiger partial charge in [-0.25, -0.2) is 4.68 Å². The molecule has 0 saturated heterocycles. The summed E-state index contributed by atoms with van der Waals surface area (Å²) in [6.07, 6.45) is 3.75. The van der Waals surface area contributed by atoms with E-state index in [1.54, 1.807) is 6.20 Å². The van der Waals surface area contributed by atoms with Gasteiger partial charge in [-0.05, 0) is 29.3 Å². The molecule has 0 unspecified atom stereocenters. The van der Waals surface area contributed by atoms with E-state index in [1.165, 1.54) is 11.1 Å². The van der Waals surface area contributed by atoms with Crippen LogP contribution >= 0.6 is 0 Å². The normalized spacial score (nSPS) is 11.6. The van der Waals surface area contributed by atoms with Crippen LogP contribution in [0.3, 0.4) is 0 Å². The van der Waals surface area contributed by atoms with Crippen LogP contribution < -0.4 is 5.32 Å². The lowest BCUT2D eigenvalue weighted by Crippen LogP contribution is -2.32. The Labute approximate surface area is 138 Å². The van der Waals surface area contributed by atoms with E-state index >= 15 is 0 Å². The van der Waals surface area contributed by atoms with E-state index in [1.807, 2.05) is 16.9 Å². The summed E-state index contributed by atoms with van der Waals surface area (Å²) in [7, 11) is 0. The highest BCUT2D eigenvalue weighted by molar-refractivity contribution is 5.33. The van der Waals surface area contributed by atoms with Crippen LogP contribution in [0, 0.1) is 0 Å². The van der Waals surface area contributed by atoms with E-state index in [2.05, 4.69) is 78.9 Å². The molecule has 3 rings (SSSR count). The fourth-order valence-electron chi connectivity index (χ4n) is 2.70. The van der Waals surface area contributed by atoms with Crippen LogP contribution in [0.4, 0.5) is 0 Å². The monoisotopic (exact) mass is 305 g/mol. The molecular formula is C20H23N3. The minimum atomic E-state index is 0.121. The number of hydrogen-bond donors (Lipinski definition) is 1. The van der Waals surface area contributed by atoms with Crippen molar-refractivity contribution in [1.82, 2.24) is 15.1 Å². The van der Waals surface area contributed by atoms with E-state index in [-0.39, 0.29) is 5.41 Å². The van der Waals surface area contributed by atoms with Gasteiger partial charge in [-0.3, -0.25) is 0 Å². The molecule has 0 aliphatic heterocycles. The molecule has 3 aromatic rings. The Kier molecular flexibility index (Phi) is 4.58. The molecule has 0 aliphatic rings. The van der Waals surface area contributed by atoms with Gasteiger partial charge < -0.3 is 5.32 Å². The standard InChI is InChI=1S/C20H23N3/c1-20(2,18-7-4-3-5-8-18)16-21-15-17-9-11-19(12-10-17)23-14-6-13-22-23/h3-14,21H,15-16H2,1-2H3. The van der Waals surface area contributed by atoms with Crippen LogP contribution in [-0.2, 0) is 12.0 Å². The predicted molar refractivity (Wildman–Crippen MR) is 94.7 cm³/mol. The Balaban J connectivity index is 1.56. The zero-order valence-electron chi connectivity index (χ0n) is 13.7. The SMILES string of the molecule is CC(C)(CNCc1ccc(-n2cccn2)cc1)c1ccccc1. The van der Waals surface area contributed by atoms with Gasteiger partial charge in [-0.2, -0.15) is 5.10 Å². The molecule has 1 heterocycles. The van der Waals surface area contributed by atoms with Crippen LogP contribution in [0.2, 0.25) is 0 Å². The van der Waals surface area contributed by atoms with Gasteiger partial charge in [0.2, 0.25) is 0 Å². The third-order valence-corrected chi connectivity index (χ3v) is 4.16. The number of nitrogens with zero attached hydrogens (tertiary/aromatic N) is 2. The van der Waals surface area contributed by atoms with Gasteiger partial charge in [0.05, 0.1) is 5.69 Å². The molecule has 0 fully saturated rings. The Bertz CT molecular complexity index is 713. The summed E-state index contributed by atoms with van der Waals surface area (Å²) in [6.45, 7) is 6.36. The summed E-state index contributed by atoms with van der Waals surface area (Å²) in [6, 6.07) is 21.1. The number of benzene rings is 2. The van der Waals surface area contributed by atoms with Gasteiger partial charge >= 0.3 is 0 Å². The third-order valence-electron chi connectivity index (χ3n) is 4.16. The summed E-state index contributed by atoms with van der Waals surface area (Å²) in [5.41, 5.74) is 3.85. The van der Waals surface area contributed by atoms with E-state index in [0.717, 1.165) is 18.8 Å². The molecule has 2 aromatic carbocycles. The first-order chi connectivity index (χ1) is 11.1. The molecule has 0 bridgehead atoms. The van der Waals surface area contributed by atoms with E-state index in [9.17, 15) is 0 Å². The minimum absolute atomic E-state index is 0.121. The summed E-state index contributed by atoms with van der Waals surface area (Å²) < 4.78 is 1.87. The van der Waals surface area contributed by atoms with Crippen molar-refractivity contribution >= 4 is 0 Å². The molecule has 3 nitrogen and oxygen atoms in total. The third kappa shape index (κ3) is 3.88. The highest BCUT2D eigenvalue weighted by Crippen LogP contribution is 2.21. The van der Waals surface area contributed by atoms with Gasteiger partial charge in [0.25, 0.3) is 0 Å². The largest absolute Gasteiger partial charge is 0.312 e. The average molecular weight is 305 g/mol. The van der Waals surface area contributed by atoms with Gasteiger partial charge in [0.15, 0.2) is 0 Å². The van der Waals surface area contributed by atoms with Crippen molar-refractivity contribution in [3.05, 3.63) is 84.2 Å². The maximum absolute atomic E-state index is 4.25. The quantitative estimate of drug-likeness (QED) is 0.747. The fraction of sp³-hybridized carbons (Fsp3) is 0.250. The van der Waals surface area contributed by atoms with Crippen molar-refractivity contribution in [3.8, 4) is 5.69 Å². The van der Waals surface area contributed by atoms with Gasteiger partial charge in [0.1, 0.15) is 0 Å². The van der Waals surface area contributed by atoms with Crippen LogP contribution in [-0.4, -0.2) is 16.3 Å². The summed E-state index contributed by atoms with van der Waals surface area (Å²) in [5, 5.41) is 7.82. The molecule has 1 N–H and O–H groups in total. The van der Waals surface area contributed by atoms with E-state index in [4.69, 9.17) is 0 Å². The van der Waals surface area contributed by atoms with Gasteiger partial charge in [-0.1, -0.05) is 56.3 Å². The van der Waals surface area contributed by atoms with Crippen molar-refractivity contribution in [2.75, 3.05) is 6.54 Å². The second-order valence-electron chi connectivity index (χ2n) is 6.47. The molecule has 118 valence electrons. The molecule has 0 amide bonds. The molecule has 0 aliphatic carbocycles. The Hall–Kier alpha value is -2.39. The summed E-state index contributed by atoms with van der Waals surface area (Å²) in [4.78, 5) is 0. The zero-order valence-corrected chi connectivity index (χ0v) is 13.7. The average Bonchev–Trinajstić information content (AvgIpc) is 3.11. The van der Waals surface area contributed by atoms with Crippen molar-refractivity contribution in [2.24, 2.45) is 0 Å². The molecule has 0 saturated carbocycles. The van der Waals surface area contributed by atoms with Crippen molar-refractivity contribution in [1.29, 1.82) is 0 Å². The number of hydrogen-bond acceptors (Lipinski definition) is 2. The zero-order chi connectivity index (χ0) is 16.1. The number of aromatic nitrogens is 2. The Morgan fingerprint density at radius 1 is 0.957 bits per heavy atom. The lowest BCUT2D eigenvalue weighted by Gasteiger charge is -2.25. The smallest absolute Gasteiger partial charge is 0.0645 e. The lowest BCUT2D eigenvalue weighted by molar-refractivity contribution is 0.469. The molecular weight excluding hydrogens is 282 g/mol. The number of nitrogens with one attached hydrogen (secondary N) is 1. The van der Waals surface area contributed by atoms with Crippen molar-refractivity contribution in [2.45, 2.75) is 25.8 Å². The van der Waals surface area contributed by atoms with Crippen molar-refractivity contribution in [3.63, 3.8) is 0 Å². The molecule has 0 atom stereocenters. The van der Waals surface area contributed by atoms with Gasteiger partial charge in [-0.15, -0.1) is 0 Å². The van der Waals surface area contributed by atoms with E-state index < -0.39 is 0 Å². The second kappa shape index (κ2) is 6.80. The highest BCUT2D eigenvalue weighted by Gasteiger charge is 2.19. The Morgan fingerprint density at radius 3 is 2.35 bits per heavy atom. The minimum Gasteiger partial charge on any atom is -0.312 e. The van der Waals surface area contributed by atoms with Crippen LogP contribution in [0.1, 0.15) is 25.0 Å². The first-order valence-electron chi connectivity index (χ1n) is 8.00. The fourth-order valence-corrected chi connectivity index (χ4v) is 2.70. The van der Waals surface area contributed by atoms with Gasteiger partial charge in [0, 0.05) is 30.9 Å². The Morgan fingerprint density at radius 2 is 1.70 bits per heavy atom. The molecule has 23 heavy (non-hydrogen) atoms. The molecule has 3 heteroatoms. The first-order valence-corrected chi connectivity index (χ1v) is 8.00. The summed E-state index contributed by atoms with van der Waals surface area (Å²) in [5.74, 6) is 0. The van der Waals surface area contributed by atoms with Crippen molar-refractivity contribution < 1.29 is 0 Å². The summed E-state index contributed by atoms with van der Waals surface area (Å²) >= 11 is 0. The predicted octanol–water partition coefficient (Wildman–Crippen LogP) is 3.94. The van der Waals surface area contributed by atoms with Crippen LogP contribution in [0.5, 0.6) is 0 Å². The lowest BCUT2D eigenvalue weighted by atomic mass is 9.84. The highest BCUT2D eigenvalue weighted by atomic mass is 15.3. The molecule has 1 aromatic heterocycles.